The molecule has 0 aliphatic carbocycles. The number of nitrogens with one attached hydrogen (secondary N) is 1. The van der Waals surface area contributed by atoms with Gasteiger partial charge in [0.15, 0.2) is 11.5 Å². The molecule has 0 unspecified atom stereocenters. The number of methoxy groups -OCH3 is 3. The van der Waals surface area contributed by atoms with Crippen molar-refractivity contribution >= 4 is 16.8 Å². The van der Waals surface area contributed by atoms with Crippen molar-refractivity contribution in [3.05, 3.63) is 52.3 Å². The van der Waals surface area contributed by atoms with E-state index in [0.29, 0.717) is 33.7 Å². The summed E-state index contributed by atoms with van der Waals surface area (Å²) in [5.41, 5.74) is 0.814. The van der Waals surface area contributed by atoms with Crippen LogP contribution < -0.4 is 25.1 Å². The maximum absolute atomic E-state index is 12.4. The van der Waals surface area contributed by atoms with Crippen LogP contribution in [-0.4, -0.2) is 42.2 Å². The second-order valence-electron chi connectivity index (χ2n) is 5.87. The van der Waals surface area contributed by atoms with E-state index in [-0.39, 0.29) is 24.6 Å². The van der Waals surface area contributed by atoms with Crippen LogP contribution in [0.15, 0.2) is 41.2 Å². The first-order valence-corrected chi connectivity index (χ1v) is 8.45. The molecule has 0 spiro atoms. The second kappa shape index (κ2) is 8.38. The molecule has 1 aromatic heterocycles. The third-order valence-electron chi connectivity index (χ3n) is 4.19. The van der Waals surface area contributed by atoms with Gasteiger partial charge in [-0.05, 0) is 18.2 Å². The van der Waals surface area contributed by atoms with Crippen molar-refractivity contribution in [2.75, 3.05) is 21.3 Å². The van der Waals surface area contributed by atoms with Crippen LogP contribution in [0.5, 0.6) is 17.2 Å². The third kappa shape index (κ3) is 3.88. The van der Waals surface area contributed by atoms with E-state index >= 15 is 0 Å². The number of carbonyl (C=O) groups excluding carboxylic acids is 1. The highest BCUT2D eigenvalue weighted by molar-refractivity contribution is 5.78. The molecule has 0 bridgehead atoms. The topological polar surface area (TPSA) is 105 Å². The van der Waals surface area contributed by atoms with Gasteiger partial charge < -0.3 is 19.5 Å². The Morgan fingerprint density at radius 3 is 2.43 bits per heavy atom. The summed E-state index contributed by atoms with van der Waals surface area (Å²) >= 11 is 0. The maximum atomic E-state index is 12.4. The van der Waals surface area contributed by atoms with Crippen molar-refractivity contribution in [2.24, 2.45) is 0 Å². The molecule has 0 saturated carbocycles. The molecule has 1 amide bonds. The summed E-state index contributed by atoms with van der Waals surface area (Å²) in [4.78, 5) is 24.7. The number of amides is 1. The average Bonchev–Trinajstić information content (AvgIpc) is 2.73. The lowest BCUT2D eigenvalue weighted by Gasteiger charge is -2.14. The van der Waals surface area contributed by atoms with Crippen molar-refractivity contribution in [3.63, 3.8) is 0 Å². The predicted octanol–water partition coefficient (Wildman–Crippen LogP) is 1.13. The van der Waals surface area contributed by atoms with Gasteiger partial charge in [0.25, 0.3) is 5.56 Å². The smallest absolute Gasteiger partial charge is 0.278 e. The molecule has 0 saturated heterocycles. The number of aromatic nitrogens is 3. The fraction of sp³-hybridized carbons (Fsp3) is 0.263. The molecule has 28 heavy (non-hydrogen) atoms. The summed E-state index contributed by atoms with van der Waals surface area (Å²) < 4.78 is 16.9. The fourth-order valence-corrected chi connectivity index (χ4v) is 2.74. The quantitative estimate of drug-likeness (QED) is 0.651. The molecule has 0 fully saturated rings. The van der Waals surface area contributed by atoms with Crippen molar-refractivity contribution in [1.29, 1.82) is 0 Å². The van der Waals surface area contributed by atoms with Crippen LogP contribution >= 0.6 is 0 Å². The Labute approximate surface area is 160 Å². The zero-order valence-corrected chi connectivity index (χ0v) is 15.8. The van der Waals surface area contributed by atoms with E-state index < -0.39 is 0 Å². The van der Waals surface area contributed by atoms with E-state index in [0.717, 1.165) is 4.68 Å². The molecule has 9 heteroatoms. The van der Waals surface area contributed by atoms with Crippen LogP contribution in [0.1, 0.15) is 5.56 Å². The van der Waals surface area contributed by atoms with E-state index in [1.807, 2.05) is 0 Å². The van der Waals surface area contributed by atoms with Gasteiger partial charge in [0, 0.05) is 18.2 Å². The van der Waals surface area contributed by atoms with Gasteiger partial charge in [-0.25, -0.2) is 4.68 Å². The highest BCUT2D eigenvalue weighted by Crippen LogP contribution is 2.34. The molecule has 1 heterocycles. The predicted molar refractivity (Wildman–Crippen MR) is 102 cm³/mol. The van der Waals surface area contributed by atoms with Gasteiger partial charge >= 0.3 is 0 Å². The van der Waals surface area contributed by atoms with Gasteiger partial charge in [-0.2, -0.15) is 0 Å². The zero-order valence-electron chi connectivity index (χ0n) is 15.8. The summed E-state index contributed by atoms with van der Waals surface area (Å²) in [5.74, 6) is 1.20. The molecule has 0 aliphatic heterocycles. The third-order valence-corrected chi connectivity index (χ3v) is 4.19. The summed E-state index contributed by atoms with van der Waals surface area (Å²) in [7, 11) is 4.58. The van der Waals surface area contributed by atoms with E-state index in [4.69, 9.17) is 14.2 Å². The minimum absolute atomic E-state index is 0.179. The molecular weight excluding hydrogens is 364 g/mol. The highest BCUT2D eigenvalue weighted by atomic mass is 16.5. The molecule has 2 aromatic carbocycles. The lowest BCUT2D eigenvalue weighted by molar-refractivity contribution is -0.122. The molecule has 146 valence electrons. The van der Waals surface area contributed by atoms with Gasteiger partial charge in [-0.1, -0.05) is 17.3 Å². The Morgan fingerprint density at radius 1 is 1.04 bits per heavy atom. The van der Waals surface area contributed by atoms with Crippen molar-refractivity contribution < 1.29 is 19.0 Å². The molecule has 1 N–H and O–H groups in total. The van der Waals surface area contributed by atoms with Crippen LogP contribution in [0.3, 0.4) is 0 Å². The molecule has 3 rings (SSSR count). The van der Waals surface area contributed by atoms with Gasteiger partial charge in [0.2, 0.25) is 5.91 Å². The van der Waals surface area contributed by atoms with Gasteiger partial charge in [-0.15, -0.1) is 5.10 Å². The maximum Gasteiger partial charge on any atom is 0.278 e. The van der Waals surface area contributed by atoms with E-state index in [1.54, 1.807) is 36.4 Å². The highest BCUT2D eigenvalue weighted by Gasteiger charge is 2.14. The lowest BCUT2D eigenvalue weighted by Crippen LogP contribution is -2.34. The molecular formula is C19H20N4O5. The van der Waals surface area contributed by atoms with E-state index in [2.05, 4.69) is 15.6 Å². The number of fused-ring (bicyclic) bond motifs is 1. The largest absolute Gasteiger partial charge is 0.496 e. The van der Waals surface area contributed by atoms with E-state index in [1.165, 1.54) is 21.3 Å². The Morgan fingerprint density at radius 2 is 1.71 bits per heavy atom. The van der Waals surface area contributed by atoms with Crippen LogP contribution in [0.25, 0.3) is 10.9 Å². The Balaban J connectivity index is 1.74. The van der Waals surface area contributed by atoms with Crippen LogP contribution in [-0.2, 0) is 17.9 Å². The van der Waals surface area contributed by atoms with Crippen molar-refractivity contribution in [2.45, 2.75) is 13.1 Å². The Bertz CT molecular complexity index is 1060. The van der Waals surface area contributed by atoms with Gasteiger partial charge in [0.05, 0.1) is 26.7 Å². The summed E-state index contributed by atoms with van der Waals surface area (Å²) in [6, 6.07) is 10.2. The number of hydrogen-bond acceptors (Lipinski definition) is 7. The van der Waals surface area contributed by atoms with Crippen LogP contribution in [0.2, 0.25) is 0 Å². The fourth-order valence-electron chi connectivity index (χ4n) is 2.74. The monoisotopic (exact) mass is 384 g/mol. The van der Waals surface area contributed by atoms with Crippen molar-refractivity contribution in [1.82, 2.24) is 20.3 Å². The number of ether oxygens (including phenoxy) is 3. The normalized spacial score (nSPS) is 10.5. The number of rotatable bonds is 7. The SMILES string of the molecule is COc1cc(OC)c(OC)cc1CNC(=O)Cn1nnc2ccccc2c1=O. The van der Waals surface area contributed by atoms with Gasteiger partial charge in [0.1, 0.15) is 17.8 Å². The minimum atomic E-state index is -0.386. The van der Waals surface area contributed by atoms with Gasteiger partial charge in [-0.3, -0.25) is 9.59 Å². The molecule has 0 radical (unpaired) electrons. The van der Waals surface area contributed by atoms with Crippen LogP contribution in [0, 0.1) is 0 Å². The summed E-state index contributed by atoms with van der Waals surface area (Å²) in [6.07, 6.45) is 0. The second-order valence-corrected chi connectivity index (χ2v) is 5.87. The average molecular weight is 384 g/mol. The molecule has 3 aromatic rings. The molecule has 0 aliphatic rings. The summed E-state index contributed by atoms with van der Waals surface area (Å²) in [6.45, 7) is -0.0651. The minimum Gasteiger partial charge on any atom is -0.496 e. The van der Waals surface area contributed by atoms with E-state index in [9.17, 15) is 9.59 Å². The number of nitrogens with zero attached hydrogens (tertiary/aromatic N) is 3. The first-order chi connectivity index (χ1) is 13.6. The summed E-state index contributed by atoms with van der Waals surface area (Å²) in [5, 5.41) is 10.9. The zero-order chi connectivity index (χ0) is 20.1. The molecule has 0 atom stereocenters. The lowest BCUT2D eigenvalue weighted by atomic mass is 10.1. The Kier molecular flexibility index (Phi) is 5.73. The number of benzene rings is 2. The standard InChI is InChI=1S/C19H20N4O5/c1-26-15-9-17(28-3)16(27-2)8-12(15)10-20-18(24)11-23-19(25)13-6-4-5-7-14(13)21-22-23/h4-9H,10-11H2,1-3H3,(H,20,24). The number of carbonyl (C=O) groups is 1. The molecule has 9 nitrogen and oxygen atoms in total. The first-order valence-electron chi connectivity index (χ1n) is 8.45. The first kappa shape index (κ1) is 19.2. The van der Waals surface area contributed by atoms with Crippen molar-refractivity contribution in [3.8, 4) is 17.2 Å². The number of hydrogen-bond donors (Lipinski definition) is 1. The van der Waals surface area contributed by atoms with Crippen LogP contribution in [0.4, 0.5) is 0 Å². The Hall–Kier alpha value is -3.62.